The van der Waals surface area contributed by atoms with Gasteiger partial charge < -0.3 is 5.32 Å². The number of nitrogens with zero attached hydrogens (tertiary/aromatic N) is 1. The Bertz CT molecular complexity index is 557. The first-order chi connectivity index (χ1) is 8.63. The molecule has 1 atom stereocenters. The van der Waals surface area contributed by atoms with Crippen LogP contribution in [0.3, 0.4) is 0 Å². The van der Waals surface area contributed by atoms with Gasteiger partial charge in [0.15, 0.2) is 0 Å². The molecule has 1 aliphatic rings. The van der Waals surface area contributed by atoms with Gasteiger partial charge in [-0.2, -0.15) is 5.26 Å². The van der Waals surface area contributed by atoms with Crippen molar-refractivity contribution in [2.75, 3.05) is 13.1 Å². The third-order valence-electron chi connectivity index (χ3n) is 2.98. The lowest BCUT2D eigenvalue weighted by Crippen LogP contribution is -2.37. The molecule has 0 bridgehead atoms. The molecule has 18 heavy (non-hydrogen) atoms. The second-order valence-electron chi connectivity index (χ2n) is 4.25. The molecule has 2 N–H and O–H groups in total. The molecule has 1 saturated heterocycles. The van der Waals surface area contributed by atoms with Crippen LogP contribution in [0.5, 0.6) is 0 Å². The highest BCUT2D eigenvalue weighted by molar-refractivity contribution is 7.89. The van der Waals surface area contributed by atoms with E-state index in [0.717, 1.165) is 19.4 Å². The van der Waals surface area contributed by atoms with Crippen molar-refractivity contribution in [3.8, 4) is 6.07 Å². The zero-order valence-corrected chi connectivity index (χ0v) is 10.7. The Morgan fingerprint density at radius 2 is 2.22 bits per heavy atom. The largest absolute Gasteiger partial charge is 0.313 e. The van der Waals surface area contributed by atoms with Crippen molar-refractivity contribution >= 4 is 10.0 Å². The first-order valence-corrected chi connectivity index (χ1v) is 7.34. The average molecular weight is 265 g/mol. The first kappa shape index (κ1) is 13.0. The van der Waals surface area contributed by atoms with Crippen molar-refractivity contribution < 1.29 is 8.42 Å². The minimum absolute atomic E-state index is 0.0468. The maximum atomic E-state index is 12.1. The summed E-state index contributed by atoms with van der Waals surface area (Å²) in [7, 11) is -3.60. The van der Waals surface area contributed by atoms with Crippen LogP contribution >= 0.6 is 0 Å². The molecule has 0 saturated carbocycles. The van der Waals surface area contributed by atoms with E-state index in [4.69, 9.17) is 5.26 Å². The van der Waals surface area contributed by atoms with E-state index >= 15 is 0 Å². The summed E-state index contributed by atoms with van der Waals surface area (Å²) in [6, 6.07) is 8.30. The summed E-state index contributed by atoms with van der Waals surface area (Å²) in [5.41, 5.74) is 0.171. The fraction of sp³-hybridized carbons (Fsp3) is 0.417. The zero-order valence-electron chi connectivity index (χ0n) is 9.89. The highest BCUT2D eigenvalue weighted by Gasteiger charge is 2.21. The molecule has 1 aromatic rings. The van der Waals surface area contributed by atoms with E-state index in [-0.39, 0.29) is 16.5 Å². The second kappa shape index (κ2) is 5.48. The Morgan fingerprint density at radius 1 is 1.44 bits per heavy atom. The summed E-state index contributed by atoms with van der Waals surface area (Å²) in [6.07, 6.45) is 2.05. The van der Waals surface area contributed by atoms with E-state index in [1.807, 2.05) is 6.07 Å². The van der Waals surface area contributed by atoms with Crippen LogP contribution in [0.1, 0.15) is 18.4 Å². The number of hydrogen-bond acceptors (Lipinski definition) is 4. The van der Waals surface area contributed by atoms with Crippen LogP contribution in [0.15, 0.2) is 29.2 Å². The minimum Gasteiger partial charge on any atom is -0.313 e. The molecule has 0 aliphatic carbocycles. The van der Waals surface area contributed by atoms with Crippen LogP contribution in [0.4, 0.5) is 0 Å². The molecule has 6 heteroatoms. The Labute approximate surface area is 107 Å². The van der Waals surface area contributed by atoms with E-state index < -0.39 is 10.0 Å². The van der Waals surface area contributed by atoms with Crippen molar-refractivity contribution in [3.63, 3.8) is 0 Å². The van der Waals surface area contributed by atoms with Crippen molar-refractivity contribution in [2.24, 2.45) is 0 Å². The number of nitrogens with one attached hydrogen (secondary N) is 2. The third kappa shape index (κ3) is 2.88. The molecule has 96 valence electrons. The molecule has 0 radical (unpaired) electrons. The van der Waals surface area contributed by atoms with E-state index in [1.165, 1.54) is 12.1 Å². The molecule has 0 amide bonds. The van der Waals surface area contributed by atoms with Crippen LogP contribution < -0.4 is 10.0 Å². The van der Waals surface area contributed by atoms with Crippen molar-refractivity contribution in [3.05, 3.63) is 29.8 Å². The lowest BCUT2D eigenvalue weighted by molar-refractivity contribution is 0.551. The normalized spacial score (nSPS) is 19.6. The van der Waals surface area contributed by atoms with Gasteiger partial charge in [0.05, 0.1) is 10.5 Å². The molecule has 2 rings (SSSR count). The van der Waals surface area contributed by atoms with Crippen LogP contribution in [0.25, 0.3) is 0 Å². The Hall–Kier alpha value is -1.42. The average Bonchev–Trinajstić information content (AvgIpc) is 2.89. The lowest BCUT2D eigenvalue weighted by atomic mass is 10.2. The lowest BCUT2D eigenvalue weighted by Gasteiger charge is -2.12. The predicted molar refractivity (Wildman–Crippen MR) is 67.4 cm³/mol. The fourth-order valence-corrected chi connectivity index (χ4v) is 3.25. The van der Waals surface area contributed by atoms with Gasteiger partial charge >= 0.3 is 0 Å². The van der Waals surface area contributed by atoms with Crippen molar-refractivity contribution in [2.45, 2.75) is 23.8 Å². The first-order valence-electron chi connectivity index (χ1n) is 5.85. The van der Waals surface area contributed by atoms with E-state index in [0.29, 0.717) is 6.54 Å². The smallest absolute Gasteiger partial charge is 0.241 e. The minimum atomic E-state index is -3.60. The van der Waals surface area contributed by atoms with Gasteiger partial charge in [0.1, 0.15) is 6.07 Å². The molecular formula is C12H15N3O2S. The molecule has 1 fully saturated rings. The maximum absolute atomic E-state index is 12.1. The van der Waals surface area contributed by atoms with E-state index in [9.17, 15) is 8.42 Å². The van der Waals surface area contributed by atoms with Gasteiger partial charge in [-0.15, -0.1) is 0 Å². The summed E-state index contributed by atoms with van der Waals surface area (Å²) in [6.45, 7) is 1.29. The molecular weight excluding hydrogens is 250 g/mol. The quantitative estimate of drug-likeness (QED) is 0.834. The molecule has 1 heterocycles. The zero-order chi connectivity index (χ0) is 13.0. The standard InChI is InChI=1S/C12H15N3O2S/c13-8-10-4-1-2-6-12(10)18(16,17)15-9-11-5-3-7-14-11/h1-2,4,6,11,14-15H,3,5,7,9H2. The van der Waals surface area contributed by atoms with E-state index in [2.05, 4.69) is 10.0 Å². The van der Waals surface area contributed by atoms with E-state index in [1.54, 1.807) is 12.1 Å². The number of benzene rings is 1. The Morgan fingerprint density at radius 3 is 2.89 bits per heavy atom. The van der Waals surface area contributed by atoms with Gasteiger partial charge in [0, 0.05) is 12.6 Å². The van der Waals surface area contributed by atoms with Gasteiger partial charge in [0.2, 0.25) is 10.0 Å². The fourth-order valence-electron chi connectivity index (χ4n) is 2.01. The molecule has 0 aromatic heterocycles. The summed E-state index contributed by atoms with van der Waals surface area (Å²) < 4.78 is 26.7. The van der Waals surface area contributed by atoms with Crippen LogP contribution in [0.2, 0.25) is 0 Å². The summed E-state index contributed by atoms with van der Waals surface area (Å²) in [4.78, 5) is 0.0468. The van der Waals surface area contributed by atoms with Crippen LogP contribution in [-0.2, 0) is 10.0 Å². The number of sulfonamides is 1. The monoisotopic (exact) mass is 265 g/mol. The highest BCUT2D eigenvalue weighted by Crippen LogP contribution is 2.14. The Kier molecular flexibility index (Phi) is 3.97. The van der Waals surface area contributed by atoms with Gasteiger partial charge in [-0.05, 0) is 31.5 Å². The summed E-state index contributed by atoms with van der Waals surface area (Å²) in [5, 5.41) is 12.1. The summed E-state index contributed by atoms with van der Waals surface area (Å²) in [5.74, 6) is 0. The van der Waals surface area contributed by atoms with Crippen LogP contribution in [-0.4, -0.2) is 27.5 Å². The van der Waals surface area contributed by atoms with Gasteiger partial charge in [-0.3, -0.25) is 0 Å². The molecule has 5 nitrogen and oxygen atoms in total. The SMILES string of the molecule is N#Cc1ccccc1S(=O)(=O)NCC1CCCN1. The number of hydrogen-bond donors (Lipinski definition) is 2. The Balaban J connectivity index is 2.12. The second-order valence-corrected chi connectivity index (χ2v) is 5.99. The topological polar surface area (TPSA) is 82.0 Å². The molecule has 1 unspecified atom stereocenters. The third-order valence-corrected chi connectivity index (χ3v) is 4.46. The molecule has 0 spiro atoms. The summed E-state index contributed by atoms with van der Waals surface area (Å²) >= 11 is 0. The van der Waals surface area contributed by atoms with Gasteiger partial charge in [-0.25, -0.2) is 13.1 Å². The van der Waals surface area contributed by atoms with Gasteiger partial charge in [-0.1, -0.05) is 12.1 Å². The molecule has 1 aromatic carbocycles. The maximum Gasteiger partial charge on any atom is 0.241 e. The number of nitriles is 1. The van der Waals surface area contributed by atoms with Crippen molar-refractivity contribution in [1.82, 2.24) is 10.0 Å². The van der Waals surface area contributed by atoms with Crippen LogP contribution in [0, 0.1) is 11.3 Å². The van der Waals surface area contributed by atoms with Crippen molar-refractivity contribution in [1.29, 1.82) is 5.26 Å². The highest BCUT2D eigenvalue weighted by atomic mass is 32.2. The predicted octanol–water partition coefficient (Wildman–Crippen LogP) is 0.589. The molecule has 1 aliphatic heterocycles. The number of rotatable bonds is 4. The van der Waals surface area contributed by atoms with Gasteiger partial charge in [0.25, 0.3) is 0 Å².